The van der Waals surface area contributed by atoms with Crippen LogP contribution in [-0.4, -0.2) is 12.6 Å². The molecule has 1 heterocycles. The molecule has 1 aliphatic rings. The van der Waals surface area contributed by atoms with Gasteiger partial charge in [-0.15, -0.1) is 0 Å². The smallest absolute Gasteiger partial charge is 0.309 e. The Hall–Kier alpha value is -0.790. The van der Waals surface area contributed by atoms with E-state index >= 15 is 0 Å². The summed E-state index contributed by atoms with van der Waals surface area (Å²) >= 11 is 0. The molecule has 1 saturated heterocycles. The summed E-state index contributed by atoms with van der Waals surface area (Å²) in [7, 11) is 0. The Morgan fingerprint density at radius 2 is 2.18 bits per heavy atom. The zero-order valence-electron chi connectivity index (χ0n) is 7.31. The maximum Gasteiger partial charge on any atom is 0.309 e. The second kappa shape index (κ2) is 2.68. The fraction of sp³-hybridized carbons (Fsp3) is 0.667. The van der Waals surface area contributed by atoms with E-state index in [1.54, 1.807) is 0 Å². The second-order valence-electron chi connectivity index (χ2n) is 3.54. The maximum atomic E-state index is 10.9. The standard InChI is InChI=1S/C9H14O2/c1-4-7-5-8(10)11-6-9(7,2)3/h4H,5-6H2,1-3H3/b7-4-. The van der Waals surface area contributed by atoms with Gasteiger partial charge in [-0.2, -0.15) is 0 Å². The minimum atomic E-state index is -0.0996. The van der Waals surface area contributed by atoms with Gasteiger partial charge in [0.2, 0.25) is 0 Å². The predicted molar refractivity (Wildman–Crippen MR) is 43.1 cm³/mol. The van der Waals surface area contributed by atoms with E-state index in [-0.39, 0.29) is 11.4 Å². The molecule has 0 atom stereocenters. The van der Waals surface area contributed by atoms with Crippen LogP contribution in [0.3, 0.4) is 0 Å². The molecule has 62 valence electrons. The summed E-state index contributed by atoms with van der Waals surface area (Å²) in [4.78, 5) is 10.9. The van der Waals surface area contributed by atoms with E-state index in [0.29, 0.717) is 13.0 Å². The van der Waals surface area contributed by atoms with Gasteiger partial charge in [0, 0.05) is 5.41 Å². The Bertz CT molecular complexity index is 202. The predicted octanol–water partition coefficient (Wildman–Crippen LogP) is 1.91. The molecule has 0 spiro atoms. The molecule has 1 fully saturated rings. The number of hydrogen-bond acceptors (Lipinski definition) is 2. The van der Waals surface area contributed by atoms with Crippen molar-refractivity contribution in [3.05, 3.63) is 11.6 Å². The molecule has 0 aromatic rings. The number of carbonyl (C=O) groups is 1. The summed E-state index contributed by atoms with van der Waals surface area (Å²) < 4.78 is 4.95. The first-order valence-electron chi connectivity index (χ1n) is 3.87. The summed E-state index contributed by atoms with van der Waals surface area (Å²) in [5.74, 6) is -0.0996. The van der Waals surface area contributed by atoms with E-state index in [1.165, 1.54) is 5.57 Å². The fourth-order valence-corrected chi connectivity index (χ4v) is 1.29. The average molecular weight is 154 g/mol. The van der Waals surface area contributed by atoms with Gasteiger partial charge < -0.3 is 4.74 Å². The summed E-state index contributed by atoms with van der Waals surface area (Å²) in [5, 5.41) is 0. The molecular formula is C9H14O2. The van der Waals surface area contributed by atoms with Crippen LogP contribution < -0.4 is 0 Å². The second-order valence-corrected chi connectivity index (χ2v) is 3.54. The first-order valence-corrected chi connectivity index (χ1v) is 3.87. The minimum absolute atomic E-state index is 0.0443. The van der Waals surface area contributed by atoms with E-state index < -0.39 is 0 Å². The molecule has 2 nitrogen and oxygen atoms in total. The largest absolute Gasteiger partial charge is 0.465 e. The number of hydrogen-bond donors (Lipinski definition) is 0. The van der Waals surface area contributed by atoms with Crippen LogP contribution in [0.15, 0.2) is 11.6 Å². The number of rotatable bonds is 0. The Morgan fingerprint density at radius 3 is 2.64 bits per heavy atom. The average Bonchev–Trinajstić information content (AvgIpc) is 1.94. The molecule has 0 N–H and O–H groups in total. The van der Waals surface area contributed by atoms with Crippen LogP contribution in [0.25, 0.3) is 0 Å². The van der Waals surface area contributed by atoms with E-state index in [9.17, 15) is 4.79 Å². The van der Waals surface area contributed by atoms with Gasteiger partial charge in [-0.05, 0) is 6.92 Å². The summed E-state index contributed by atoms with van der Waals surface area (Å²) in [6, 6.07) is 0. The Kier molecular flexibility index (Phi) is 2.03. The molecule has 0 aliphatic carbocycles. The molecule has 1 rings (SSSR count). The van der Waals surface area contributed by atoms with Crippen molar-refractivity contribution in [2.75, 3.05) is 6.61 Å². The summed E-state index contributed by atoms with van der Waals surface area (Å²) in [6.07, 6.45) is 2.48. The molecule has 0 saturated carbocycles. The van der Waals surface area contributed by atoms with Crippen LogP contribution in [-0.2, 0) is 9.53 Å². The monoisotopic (exact) mass is 154 g/mol. The molecule has 11 heavy (non-hydrogen) atoms. The summed E-state index contributed by atoms with van der Waals surface area (Å²) in [5.41, 5.74) is 1.23. The zero-order valence-corrected chi connectivity index (χ0v) is 7.31. The van der Waals surface area contributed by atoms with Crippen LogP contribution in [0.5, 0.6) is 0 Å². The Labute approximate surface area is 67.2 Å². The first-order chi connectivity index (χ1) is 5.06. The van der Waals surface area contributed by atoms with Gasteiger partial charge in [-0.25, -0.2) is 0 Å². The minimum Gasteiger partial charge on any atom is -0.465 e. The van der Waals surface area contributed by atoms with Crippen LogP contribution in [0.2, 0.25) is 0 Å². The van der Waals surface area contributed by atoms with Gasteiger partial charge in [-0.1, -0.05) is 25.5 Å². The number of esters is 1. The third-order valence-corrected chi connectivity index (χ3v) is 2.15. The lowest BCUT2D eigenvalue weighted by Gasteiger charge is -2.31. The molecule has 0 unspecified atom stereocenters. The molecule has 0 bridgehead atoms. The van der Waals surface area contributed by atoms with Gasteiger partial charge in [0.1, 0.15) is 6.61 Å². The topological polar surface area (TPSA) is 26.3 Å². The molecule has 2 heteroatoms. The van der Waals surface area contributed by atoms with Crippen molar-refractivity contribution in [2.24, 2.45) is 5.41 Å². The highest BCUT2D eigenvalue weighted by molar-refractivity contribution is 5.74. The van der Waals surface area contributed by atoms with Crippen molar-refractivity contribution >= 4 is 5.97 Å². The van der Waals surface area contributed by atoms with E-state index in [1.807, 2.05) is 13.0 Å². The molecular weight excluding hydrogens is 140 g/mol. The highest BCUT2D eigenvalue weighted by atomic mass is 16.5. The van der Waals surface area contributed by atoms with Crippen molar-refractivity contribution in [3.63, 3.8) is 0 Å². The number of carbonyl (C=O) groups excluding carboxylic acids is 1. The third kappa shape index (κ3) is 1.62. The highest BCUT2D eigenvalue weighted by Gasteiger charge is 2.30. The normalized spacial score (nSPS) is 26.8. The highest BCUT2D eigenvalue weighted by Crippen LogP contribution is 2.32. The Balaban J connectivity index is 2.80. The lowest BCUT2D eigenvalue weighted by Crippen LogP contribution is -2.31. The van der Waals surface area contributed by atoms with Gasteiger partial charge >= 0.3 is 5.97 Å². The van der Waals surface area contributed by atoms with Gasteiger partial charge in [0.05, 0.1) is 6.42 Å². The van der Waals surface area contributed by atoms with E-state index in [2.05, 4.69) is 13.8 Å². The molecule has 0 radical (unpaired) electrons. The van der Waals surface area contributed by atoms with Crippen LogP contribution >= 0.6 is 0 Å². The van der Waals surface area contributed by atoms with Gasteiger partial charge in [0.25, 0.3) is 0 Å². The van der Waals surface area contributed by atoms with Crippen LogP contribution in [0.1, 0.15) is 27.2 Å². The summed E-state index contributed by atoms with van der Waals surface area (Å²) in [6.45, 7) is 6.67. The molecule has 0 amide bonds. The molecule has 0 aromatic heterocycles. The number of allylic oxidation sites excluding steroid dienone is 1. The number of ether oxygens (including phenoxy) is 1. The van der Waals surface area contributed by atoms with Crippen molar-refractivity contribution in [2.45, 2.75) is 27.2 Å². The SMILES string of the molecule is C/C=C1/CC(=O)OCC1(C)C. The fourth-order valence-electron chi connectivity index (χ4n) is 1.29. The quantitative estimate of drug-likeness (QED) is 0.393. The van der Waals surface area contributed by atoms with Crippen molar-refractivity contribution in [3.8, 4) is 0 Å². The zero-order chi connectivity index (χ0) is 8.48. The van der Waals surface area contributed by atoms with Crippen LogP contribution in [0, 0.1) is 5.41 Å². The third-order valence-electron chi connectivity index (χ3n) is 2.15. The van der Waals surface area contributed by atoms with Crippen molar-refractivity contribution in [1.82, 2.24) is 0 Å². The molecule has 1 aliphatic heterocycles. The maximum absolute atomic E-state index is 10.9. The lowest BCUT2D eigenvalue weighted by molar-refractivity contribution is -0.148. The van der Waals surface area contributed by atoms with Crippen molar-refractivity contribution in [1.29, 1.82) is 0 Å². The molecule has 0 aromatic carbocycles. The van der Waals surface area contributed by atoms with E-state index in [0.717, 1.165) is 0 Å². The Morgan fingerprint density at radius 1 is 1.55 bits per heavy atom. The van der Waals surface area contributed by atoms with Gasteiger partial charge in [0.15, 0.2) is 0 Å². The lowest BCUT2D eigenvalue weighted by atomic mass is 9.81. The number of cyclic esters (lactones) is 1. The van der Waals surface area contributed by atoms with Gasteiger partial charge in [-0.3, -0.25) is 4.79 Å². The van der Waals surface area contributed by atoms with Crippen molar-refractivity contribution < 1.29 is 9.53 Å². The first kappa shape index (κ1) is 8.31. The van der Waals surface area contributed by atoms with E-state index in [4.69, 9.17) is 4.74 Å². The van der Waals surface area contributed by atoms with Crippen LogP contribution in [0.4, 0.5) is 0 Å².